The first-order chi connectivity index (χ1) is 7.99. The van der Waals surface area contributed by atoms with E-state index >= 15 is 0 Å². The van der Waals surface area contributed by atoms with Crippen LogP contribution in [-0.2, 0) is 0 Å². The van der Waals surface area contributed by atoms with Crippen molar-refractivity contribution < 1.29 is 4.92 Å². The van der Waals surface area contributed by atoms with Crippen LogP contribution in [0.15, 0.2) is 12.3 Å². The number of nitro groups is 1. The van der Waals surface area contributed by atoms with Crippen molar-refractivity contribution in [3.8, 4) is 5.82 Å². The Labute approximate surface area is 101 Å². The maximum Gasteiger partial charge on any atom is 0.331 e. The number of rotatable bonds is 2. The molecular weight excluding hydrogens is 246 g/mol. The van der Waals surface area contributed by atoms with Gasteiger partial charge in [0.2, 0.25) is 11.1 Å². The summed E-state index contributed by atoms with van der Waals surface area (Å²) in [7, 11) is 0. The van der Waals surface area contributed by atoms with Gasteiger partial charge in [-0.25, -0.2) is 9.67 Å². The van der Waals surface area contributed by atoms with Gasteiger partial charge in [-0.2, -0.15) is 10.1 Å². The quantitative estimate of drug-likeness (QED) is 0.463. The molecule has 17 heavy (non-hydrogen) atoms. The lowest BCUT2D eigenvalue weighted by Gasteiger charge is -2.03. The standard InChI is InChI=1S/C9H8ClN5O2/c1-5-3-6(2)14(13-5)8-7(15(16)17)4-11-9(10)12-8/h3-4H,1-2H3. The molecular formula is C9H8ClN5O2. The van der Waals surface area contributed by atoms with Gasteiger partial charge in [0, 0.05) is 5.69 Å². The third-order valence-corrected chi connectivity index (χ3v) is 2.31. The topological polar surface area (TPSA) is 86.7 Å². The lowest BCUT2D eigenvalue weighted by atomic mass is 10.4. The van der Waals surface area contributed by atoms with Crippen LogP contribution in [0.4, 0.5) is 5.69 Å². The summed E-state index contributed by atoms with van der Waals surface area (Å²) in [6.07, 6.45) is 1.07. The van der Waals surface area contributed by atoms with E-state index in [2.05, 4.69) is 15.1 Å². The van der Waals surface area contributed by atoms with E-state index in [1.165, 1.54) is 4.68 Å². The summed E-state index contributed by atoms with van der Waals surface area (Å²) in [4.78, 5) is 17.7. The first kappa shape index (κ1) is 11.5. The predicted octanol–water partition coefficient (Wildman–Crippen LogP) is 1.84. The van der Waals surface area contributed by atoms with Gasteiger partial charge in [-0.15, -0.1) is 0 Å². The molecule has 2 aromatic rings. The first-order valence-electron chi connectivity index (χ1n) is 4.69. The Morgan fingerprint density at radius 1 is 1.47 bits per heavy atom. The van der Waals surface area contributed by atoms with Crippen LogP contribution in [0.5, 0.6) is 0 Å². The third kappa shape index (κ3) is 2.09. The fourth-order valence-electron chi connectivity index (χ4n) is 1.47. The van der Waals surface area contributed by atoms with Crippen LogP contribution in [0.2, 0.25) is 5.28 Å². The average Bonchev–Trinajstić information content (AvgIpc) is 2.57. The van der Waals surface area contributed by atoms with Crippen LogP contribution in [0.25, 0.3) is 5.82 Å². The molecule has 0 fully saturated rings. The minimum atomic E-state index is -0.567. The maximum absolute atomic E-state index is 10.9. The summed E-state index contributed by atoms with van der Waals surface area (Å²) >= 11 is 5.64. The molecule has 0 saturated carbocycles. The van der Waals surface area contributed by atoms with E-state index in [0.29, 0.717) is 0 Å². The normalized spacial score (nSPS) is 10.5. The minimum absolute atomic E-state index is 0.0573. The molecule has 2 heterocycles. The molecule has 0 atom stereocenters. The average molecular weight is 254 g/mol. The van der Waals surface area contributed by atoms with E-state index in [0.717, 1.165) is 17.6 Å². The Balaban J connectivity index is 2.69. The van der Waals surface area contributed by atoms with Crippen molar-refractivity contribution in [3.63, 3.8) is 0 Å². The molecule has 0 spiro atoms. The van der Waals surface area contributed by atoms with Crippen LogP contribution in [0.1, 0.15) is 11.4 Å². The second-order valence-corrected chi connectivity index (χ2v) is 3.78. The van der Waals surface area contributed by atoms with Crippen LogP contribution in [-0.4, -0.2) is 24.7 Å². The molecule has 0 saturated heterocycles. The van der Waals surface area contributed by atoms with Crippen molar-refractivity contribution in [1.29, 1.82) is 0 Å². The highest BCUT2D eigenvalue weighted by Crippen LogP contribution is 2.22. The molecule has 0 bridgehead atoms. The van der Waals surface area contributed by atoms with Crippen LogP contribution in [0.3, 0.4) is 0 Å². The minimum Gasteiger partial charge on any atom is -0.258 e. The Hall–Kier alpha value is -2.02. The van der Waals surface area contributed by atoms with Crippen molar-refractivity contribution in [2.75, 3.05) is 0 Å². The Morgan fingerprint density at radius 2 is 2.18 bits per heavy atom. The van der Waals surface area contributed by atoms with Gasteiger partial charge in [0.05, 0.1) is 10.6 Å². The maximum atomic E-state index is 10.9. The Kier molecular flexibility index (Phi) is 2.76. The molecule has 7 nitrogen and oxygen atoms in total. The molecule has 0 unspecified atom stereocenters. The lowest BCUT2D eigenvalue weighted by molar-refractivity contribution is -0.385. The van der Waals surface area contributed by atoms with Gasteiger partial charge in [0.15, 0.2) is 0 Å². The van der Waals surface area contributed by atoms with Crippen LogP contribution >= 0.6 is 11.6 Å². The molecule has 0 radical (unpaired) electrons. The molecule has 0 aromatic carbocycles. The molecule has 0 amide bonds. The highest BCUT2D eigenvalue weighted by atomic mass is 35.5. The Morgan fingerprint density at radius 3 is 2.71 bits per heavy atom. The van der Waals surface area contributed by atoms with Gasteiger partial charge in [-0.3, -0.25) is 10.1 Å². The van der Waals surface area contributed by atoms with Gasteiger partial charge in [-0.1, -0.05) is 0 Å². The van der Waals surface area contributed by atoms with Crippen molar-refractivity contribution >= 4 is 17.3 Å². The zero-order valence-electron chi connectivity index (χ0n) is 9.09. The van der Waals surface area contributed by atoms with Crippen molar-refractivity contribution in [2.24, 2.45) is 0 Å². The third-order valence-electron chi connectivity index (χ3n) is 2.13. The highest BCUT2D eigenvalue weighted by molar-refractivity contribution is 6.28. The number of nitrogens with zero attached hydrogens (tertiary/aromatic N) is 5. The highest BCUT2D eigenvalue weighted by Gasteiger charge is 2.20. The number of hydrogen-bond acceptors (Lipinski definition) is 5. The molecule has 88 valence electrons. The number of hydrogen-bond donors (Lipinski definition) is 0. The van der Waals surface area contributed by atoms with Crippen molar-refractivity contribution in [2.45, 2.75) is 13.8 Å². The van der Waals surface area contributed by atoms with Crippen LogP contribution in [0, 0.1) is 24.0 Å². The zero-order valence-corrected chi connectivity index (χ0v) is 9.84. The number of aryl methyl sites for hydroxylation is 2. The second-order valence-electron chi connectivity index (χ2n) is 3.44. The van der Waals surface area contributed by atoms with Gasteiger partial charge < -0.3 is 0 Å². The first-order valence-corrected chi connectivity index (χ1v) is 5.07. The summed E-state index contributed by atoms with van der Waals surface area (Å²) in [6.45, 7) is 3.57. The van der Waals surface area contributed by atoms with Gasteiger partial charge in [0.1, 0.15) is 6.20 Å². The fourth-order valence-corrected chi connectivity index (χ4v) is 1.60. The zero-order chi connectivity index (χ0) is 12.6. The largest absolute Gasteiger partial charge is 0.331 e. The summed E-state index contributed by atoms with van der Waals surface area (Å²) in [5, 5.41) is 14.9. The SMILES string of the molecule is Cc1cc(C)n(-c2nc(Cl)ncc2[N+](=O)[O-])n1. The van der Waals surface area contributed by atoms with Crippen molar-refractivity contribution in [1.82, 2.24) is 19.7 Å². The number of halogens is 1. The summed E-state index contributed by atoms with van der Waals surface area (Å²) in [6, 6.07) is 1.79. The van der Waals surface area contributed by atoms with Crippen LogP contribution < -0.4 is 0 Å². The fraction of sp³-hybridized carbons (Fsp3) is 0.222. The predicted molar refractivity (Wildman–Crippen MR) is 60.3 cm³/mol. The van der Waals surface area contributed by atoms with E-state index in [1.807, 2.05) is 0 Å². The molecule has 0 aliphatic heterocycles. The van der Waals surface area contributed by atoms with Gasteiger partial charge >= 0.3 is 5.69 Å². The molecule has 2 aromatic heterocycles. The van der Waals surface area contributed by atoms with E-state index in [1.54, 1.807) is 19.9 Å². The smallest absolute Gasteiger partial charge is 0.258 e. The van der Waals surface area contributed by atoms with E-state index in [9.17, 15) is 10.1 Å². The van der Waals surface area contributed by atoms with E-state index in [4.69, 9.17) is 11.6 Å². The van der Waals surface area contributed by atoms with E-state index < -0.39 is 4.92 Å². The molecule has 2 rings (SSSR count). The van der Waals surface area contributed by atoms with Gasteiger partial charge in [-0.05, 0) is 31.5 Å². The summed E-state index contributed by atoms with van der Waals surface area (Å²) in [5.74, 6) is 0.0700. The Bertz CT molecular complexity index is 595. The molecule has 0 aliphatic rings. The second kappa shape index (κ2) is 4.10. The van der Waals surface area contributed by atoms with Crippen molar-refractivity contribution in [3.05, 3.63) is 39.0 Å². The summed E-state index contributed by atoms with van der Waals surface area (Å²) < 4.78 is 1.38. The lowest BCUT2D eigenvalue weighted by Crippen LogP contribution is -2.07. The number of aromatic nitrogens is 4. The van der Waals surface area contributed by atoms with Gasteiger partial charge in [0.25, 0.3) is 0 Å². The summed E-state index contributed by atoms with van der Waals surface area (Å²) in [5.41, 5.74) is 1.24. The molecule has 0 N–H and O–H groups in total. The van der Waals surface area contributed by atoms with E-state index in [-0.39, 0.29) is 16.8 Å². The molecule has 8 heteroatoms. The monoisotopic (exact) mass is 253 g/mol. The molecule has 0 aliphatic carbocycles.